The SMILES string of the molecule is CCCCc1noc(COc2ccc(-c3ccc(C#N)cc3)cc2)n1. The van der Waals surface area contributed by atoms with Gasteiger partial charge in [-0.05, 0) is 41.8 Å². The number of aromatic nitrogens is 2. The number of hydrogen-bond donors (Lipinski definition) is 0. The molecule has 5 heteroatoms. The van der Waals surface area contributed by atoms with Crippen LogP contribution in [0.1, 0.15) is 37.0 Å². The van der Waals surface area contributed by atoms with E-state index in [2.05, 4.69) is 23.1 Å². The Hall–Kier alpha value is -3.13. The van der Waals surface area contributed by atoms with Crippen molar-refractivity contribution in [1.82, 2.24) is 10.1 Å². The van der Waals surface area contributed by atoms with Crippen LogP contribution in [0.15, 0.2) is 53.1 Å². The van der Waals surface area contributed by atoms with E-state index in [0.717, 1.165) is 42.0 Å². The quantitative estimate of drug-likeness (QED) is 0.635. The molecule has 0 aliphatic heterocycles. The molecule has 0 atom stereocenters. The molecule has 0 spiro atoms. The van der Waals surface area contributed by atoms with E-state index in [9.17, 15) is 0 Å². The van der Waals surface area contributed by atoms with Gasteiger partial charge in [0.05, 0.1) is 11.6 Å². The molecule has 0 N–H and O–H groups in total. The molecule has 0 aliphatic rings. The monoisotopic (exact) mass is 333 g/mol. The van der Waals surface area contributed by atoms with E-state index in [1.807, 2.05) is 48.5 Å². The second-order valence-corrected chi connectivity index (χ2v) is 5.71. The number of aryl methyl sites for hydroxylation is 1. The predicted octanol–water partition coefficient (Wildman–Crippen LogP) is 4.53. The van der Waals surface area contributed by atoms with Crippen LogP contribution >= 0.6 is 0 Å². The number of unbranched alkanes of at least 4 members (excludes halogenated alkanes) is 1. The zero-order valence-corrected chi connectivity index (χ0v) is 14.1. The predicted molar refractivity (Wildman–Crippen MR) is 93.8 cm³/mol. The molecule has 2 aromatic carbocycles. The zero-order valence-electron chi connectivity index (χ0n) is 14.1. The molecule has 25 heavy (non-hydrogen) atoms. The summed E-state index contributed by atoms with van der Waals surface area (Å²) in [6.45, 7) is 2.39. The third-order valence-electron chi connectivity index (χ3n) is 3.83. The lowest BCUT2D eigenvalue weighted by atomic mass is 10.0. The summed E-state index contributed by atoms with van der Waals surface area (Å²) in [6, 6.07) is 17.4. The fraction of sp³-hybridized carbons (Fsp3) is 0.250. The molecule has 0 radical (unpaired) electrons. The lowest BCUT2D eigenvalue weighted by molar-refractivity contribution is 0.242. The van der Waals surface area contributed by atoms with Gasteiger partial charge in [-0.15, -0.1) is 0 Å². The average Bonchev–Trinajstić information content (AvgIpc) is 3.13. The lowest BCUT2D eigenvalue weighted by Crippen LogP contribution is -1.96. The van der Waals surface area contributed by atoms with E-state index in [1.54, 1.807) is 0 Å². The van der Waals surface area contributed by atoms with E-state index >= 15 is 0 Å². The van der Waals surface area contributed by atoms with Crippen molar-refractivity contribution < 1.29 is 9.26 Å². The minimum Gasteiger partial charge on any atom is -0.484 e. The smallest absolute Gasteiger partial charge is 0.264 e. The van der Waals surface area contributed by atoms with Crippen LogP contribution in [0.25, 0.3) is 11.1 Å². The van der Waals surface area contributed by atoms with Gasteiger partial charge >= 0.3 is 0 Å². The van der Waals surface area contributed by atoms with Crippen molar-refractivity contribution >= 4 is 0 Å². The summed E-state index contributed by atoms with van der Waals surface area (Å²) in [6.07, 6.45) is 2.99. The van der Waals surface area contributed by atoms with Crippen molar-refractivity contribution in [3.63, 3.8) is 0 Å². The minimum absolute atomic E-state index is 0.259. The number of hydrogen-bond acceptors (Lipinski definition) is 5. The molecule has 0 fully saturated rings. The number of rotatable bonds is 7. The molecule has 0 aliphatic carbocycles. The first-order valence-electron chi connectivity index (χ1n) is 8.33. The van der Waals surface area contributed by atoms with Crippen molar-refractivity contribution in [2.75, 3.05) is 0 Å². The van der Waals surface area contributed by atoms with Gasteiger partial charge in [0.25, 0.3) is 5.89 Å². The van der Waals surface area contributed by atoms with Crippen LogP contribution in [0.3, 0.4) is 0 Å². The summed E-state index contributed by atoms with van der Waals surface area (Å²) in [4.78, 5) is 4.32. The van der Waals surface area contributed by atoms with E-state index in [1.165, 1.54) is 0 Å². The van der Waals surface area contributed by atoms with Gasteiger partial charge in [-0.1, -0.05) is 42.8 Å². The molecule has 0 saturated heterocycles. The Bertz CT molecular complexity index is 846. The Morgan fingerprint density at radius 2 is 1.72 bits per heavy atom. The maximum atomic E-state index is 8.85. The molecule has 5 nitrogen and oxygen atoms in total. The normalized spacial score (nSPS) is 10.4. The molecule has 0 saturated carbocycles. The molecule has 3 rings (SSSR count). The molecule has 0 unspecified atom stereocenters. The summed E-state index contributed by atoms with van der Waals surface area (Å²) in [5.74, 6) is 1.96. The first-order chi connectivity index (χ1) is 12.3. The van der Waals surface area contributed by atoms with Gasteiger partial charge in [-0.3, -0.25) is 0 Å². The van der Waals surface area contributed by atoms with Crippen LogP contribution < -0.4 is 4.74 Å². The molecule has 1 aromatic heterocycles. The van der Waals surface area contributed by atoms with E-state index in [4.69, 9.17) is 14.5 Å². The van der Waals surface area contributed by atoms with Crippen molar-refractivity contribution in [2.45, 2.75) is 32.8 Å². The highest BCUT2D eigenvalue weighted by atomic mass is 16.5. The van der Waals surface area contributed by atoms with Crippen molar-refractivity contribution in [3.05, 3.63) is 65.8 Å². The van der Waals surface area contributed by atoms with Gasteiger partial charge in [-0.2, -0.15) is 10.2 Å². The van der Waals surface area contributed by atoms with E-state index in [0.29, 0.717) is 11.5 Å². The Labute approximate surface area is 146 Å². The zero-order chi connectivity index (χ0) is 17.5. The van der Waals surface area contributed by atoms with Crippen molar-refractivity contribution in [3.8, 4) is 22.9 Å². The van der Waals surface area contributed by atoms with Crippen LogP contribution in [0, 0.1) is 11.3 Å². The fourth-order valence-electron chi connectivity index (χ4n) is 2.41. The molecular weight excluding hydrogens is 314 g/mol. The van der Waals surface area contributed by atoms with Crippen molar-refractivity contribution in [1.29, 1.82) is 5.26 Å². The summed E-state index contributed by atoms with van der Waals surface area (Å²) in [7, 11) is 0. The van der Waals surface area contributed by atoms with Gasteiger partial charge in [0, 0.05) is 6.42 Å². The minimum atomic E-state index is 0.259. The topological polar surface area (TPSA) is 71.9 Å². The highest BCUT2D eigenvalue weighted by molar-refractivity contribution is 5.64. The molecule has 0 amide bonds. The number of nitrogens with zero attached hydrogens (tertiary/aromatic N) is 3. The highest BCUT2D eigenvalue weighted by Gasteiger charge is 2.07. The molecule has 3 aromatic rings. The Morgan fingerprint density at radius 1 is 1.04 bits per heavy atom. The third-order valence-corrected chi connectivity index (χ3v) is 3.83. The maximum absolute atomic E-state index is 8.85. The molecule has 126 valence electrons. The second-order valence-electron chi connectivity index (χ2n) is 5.71. The Morgan fingerprint density at radius 3 is 2.36 bits per heavy atom. The van der Waals surface area contributed by atoms with Crippen LogP contribution in [-0.2, 0) is 13.0 Å². The van der Waals surface area contributed by atoms with Gasteiger partial charge < -0.3 is 9.26 Å². The van der Waals surface area contributed by atoms with Crippen LogP contribution in [0.2, 0.25) is 0 Å². The largest absolute Gasteiger partial charge is 0.484 e. The Balaban J connectivity index is 1.58. The van der Waals surface area contributed by atoms with Gasteiger partial charge in [0.15, 0.2) is 12.4 Å². The number of ether oxygens (including phenoxy) is 1. The van der Waals surface area contributed by atoms with Gasteiger partial charge in [0.1, 0.15) is 5.75 Å². The summed E-state index contributed by atoms with van der Waals surface area (Å²) >= 11 is 0. The number of nitriles is 1. The molecular formula is C20H19N3O2. The van der Waals surface area contributed by atoms with Gasteiger partial charge in [0.2, 0.25) is 0 Å². The van der Waals surface area contributed by atoms with E-state index < -0.39 is 0 Å². The maximum Gasteiger partial charge on any atom is 0.264 e. The number of benzene rings is 2. The van der Waals surface area contributed by atoms with Crippen LogP contribution in [0.4, 0.5) is 0 Å². The second kappa shape index (κ2) is 8.11. The standard InChI is InChI=1S/C20H19N3O2/c1-2-3-4-19-22-20(25-23-19)14-24-18-11-9-17(10-12-18)16-7-5-15(13-21)6-8-16/h5-12H,2-4,14H2,1H3. The third kappa shape index (κ3) is 4.45. The summed E-state index contributed by atoms with van der Waals surface area (Å²) in [5.41, 5.74) is 2.78. The average molecular weight is 333 g/mol. The van der Waals surface area contributed by atoms with Crippen LogP contribution in [-0.4, -0.2) is 10.1 Å². The first kappa shape index (κ1) is 16.7. The summed E-state index contributed by atoms with van der Waals surface area (Å²) in [5, 5.41) is 12.8. The molecule has 1 heterocycles. The first-order valence-corrected chi connectivity index (χ1v) is 8.33. The summed E-state index contributed by atoms with van der Waals surface area (Å²) < 4.78 is 10.9. The van der Waals surface area contributed by atoms with E-state index in [-0.39, 0.29) is 6.61 Å². The lowest BCUT2D eigenvalue weighted by Gasteiger charge is -2.05. The Kier molecular flexibility index (Phi) is 5.43. The molecule has 0 bridgehead atoms. The van der Waals surface area contributed by atoms with Gasteiger partial charge in [-0.25, -0.2) is 0 Å². The fourth-order valence-corrected chi connectivity index (χ4v) is 2.41. The van der Waals surface area contributed by atoms with Crippen LogP contribution in [0.5, 0.6) is 5.75 Å². The highest BCUT2D eigenvalue weighted by Crippen LogP contribution is 2.23. The van der Waals surface area contributed by atoms with Crippen molar-refractivity contribution in [2.24, 2.45) is 0 Å².